The van der Waals surface area contributed by atoms with Crippen LogP contribution in [0.25, 0.3) is 16.9 Å². The second-order valence-electron chi connectivity index (χ2n) is 7.76. The minimum absolute atomic E-state index is 0.114. The van der Waals surface area contributed by atoms with Crippen molar-refractivity contribution in [3.05, 3.63) is 58.3 Å². The Bertz CT molecular complexity index is 1170. The molecule has 1 aliphatic rings. The highest BCUT2D eigenvalue weighted by Gasteiger charge is 2.15. The predicted octanol–water partition coefficient (Wildman–Crippen LogP) is 2.88. The molecule has 3 aromatic rings. The molecular weight excluding hydrogens is 394 g/mol. The Labute approximate surface area is 180 Å². The summed E-state index contributed by atoms with van der Waals surface area (Å²) in [6.07, 6.45) is 7.86. The van der Waals surface area contributed by atoms with Gasteiger partial charge in [0.05, 0.1) is 12.8 Å². The molecule has 8 heteroatoms. The minimum Gasteiger partial charge on any atom is -0.497 e. The fourth-order valence-corrected chi connectivity index (χ4v) is 3.90. The number of ether oxygens (including phenoxy) is 1. The molecule has 0 atom stereocenters. The molecule has 4 rings (SSSR count). The van der Waals surface area contributed by atoms with Crippen LogP contribution >= 0.6 is 0 Å². The lowest BCUT2D eigenvalue weighted by Gasteiger charge is -2.12. The van der Waals surface area contributed by atoms with Crippen LogP contribution in [0, 0.1) is 6.92 Å². The van der Waals surface area contributed by atoms with E-state index in [4.69, 9.17) is 4.74 Å². The summed E-state index contributed by atoms with van der Waals surface area (Å²) in [5.41, 5.74) is 3.09. The maximum absolute atomic E-state index is 12.8. The molecule has 0 fully saturated rings. The van der Waals surface area contributed by atoms with E-state index in [1.54, 1.807) is 20.1 Å². The van der Waals surface area contributed by atoms with Gasteiger partial charge in [-0.2, -0.15) is 0 Å². The Balaban J connectivity index is 1.48. The zero-order chi connectivity index (χ0) is 21.8. The van der Waals surface area contributed by atoms with Gasteiger partial charge in [0.2, 0.25) is 5.91 Å². The summed E-state index contributed by atoms with van der Waals surface area (Å²) in [5.74, 6) is 1.06. The van der Waals surface area contributed by atoms with Crippen molar-refractivity contribution in [1.29, 1.82) is 0 Å². The highest BCUT2D eigenvalue weighted by atomic mass is 16.5. The number of benzene rings is 1. The molecule has 0 unspecified atom stereocenters. The first-order valence-electron chi connectivity index (χ1n) is 10.6. The number of hydrogen-bond donors (Lipinski definition) is 1. The predicted molar refractivity (Wildman–Crippen MR) is 118 cm³/mol. The highest BCUT2D eigenvalue weighted by Crippen LogP contribution is 2.22. The van der Waals surface area contributed by atoms with E-state index >= 15 is 0 Å². The van der Waals surface area contributed by atoms with Gasteiger partial charge in [0.15, 0.2) is 5.65 Å². The number of carbonyl (C=O) groups excluding carboxylic acids is 1. The van der Waals surface area contributed by atoms with Gasteiger partial charge in [-0.25, -0.2) is 18.9 Å². The maximum Gasteiger partial charge on any atom is 0.352 e. The molecule has 0 saturated heterocycles. The Morgan fingerprint density at radius 1 is 1.23 bits per heavy atom. The number of amides is 1. The molecule has 2 heterocycles. The third-order valence-electron chi connectivity index (χ3n) is 5.57. The molecule has 0 radical (unpaired) electrons. The Morgan fingerprint density at radius 2 is 2.03 bits per heavy atom. The summed E-state index contributed by atoms with van der Waals surface area (Å²) in [7, 11) is 1.62. The minimum atomic E-state index is -0.369. The lowest BCUT2D eigenvalue weighted by molar-refractivity contribution is -0.121. The van der Waals surface area contributed by atoms with Gasteiger partial charge in [-0.15, -0.1) is 5.10 Å². The number of rotatable bonds is 7. The van der Waals surface area contributed by atoms with Crippen molar-refractivity contribution in [1.82, 2.24) is 24.5 Å². The van der Waals surface area contributed by atoms with Gasteiger partial charge in [0.25, 0.3) is 0 Å². The van der Waals surface area contributed by atoms with E-state index in [1.807, 2.05) is 24.3 Å². The largest absolute Gasteiger partial charge is 0.497 e. The van der Waals surface area contributed by atoms with E-state index in [2.05, 4.69) is 21.5 Å². The van der Waals surface area contributed by atoms with E-state index in [9.17, 15) is 9.59 Å². The molecule has 0 bridgehead atoms. The summed E-state index contributed by atoms with van der Waals surface area (Å²) in [6.45, 7) is 2.22. The Kier molecular flexibility index (Phi) is 6.16. The van der Waals surface area contributed by atoms with E-state index in [-0.39, 0.29) is 18.1 Å². The van der Waals surface area contributed by atoms with E-state index in [0.717, 1.165) is 30.6 Å². The van der Waals surface area contributed by atoms with E-state index in [0.29, 0.717) is 23.7 Å². The second-order valence-corrected chi connectivity index (χ2v) is 7.76. The number of nitrogens with zero attached hydrogens (tertiary/aromatic N) is 4. The van der Waals surface area contributed by atoms with Gasteiger partial charge >= 0.3 is 5.69 Å². The number of aryl methyl sites for hydroxylation is 1. The average Bonchev–Trinajstić information content (AvgIpc) is 3.10. The van der Waals surface area contributed by atoms with Gasteiger partial charge in [-0.1, -0.05) is 11.6 Å². The number of allylic oxidation sites excluding steroid dienone is 1. The zero-order valence-electron chi connectivity index (χ0n) is 17.9. The SMILES string of the molecule is COc1ccc(-c2cc3nn(CC(=O)NCCC4=CCCCC4)c(=O)n3c(C)n2)cc1. The van der Waals surface area contributed by atoms with Crippen LogP contribution < -0.4 is 15.7 Å². The molecule has 2 aromatic heterocycles. The zero-order valence-corrected chi connectivity index (χ0v) is 17.9. The smallest absolute Gasteiger partial charge is 0.352 e. The summed E-state index contributed by atoms with van der Waals surface area (Å²) in [5, 5.41) is 7.26. The van der Waals surface area contributed by atoms with Crippen LogP contribution in [-0.2, 0) is 11.3 Å². The van der Waals surface area contributed by atoms with Crippen molar-refractivity contribution >= 4 is 11.6 Å². The molecular formula is C23H27N5O3. The number of methoxy groups -OCH3 is 1. The van der Waals surface area contributed by atoms with E-state index in [1.165, 1.54) is 27.5 Å². The highest BCUT2D eigenvalue weighted by molar-refractivity contribution is 5.75. The molecule has 0 aliphatic heterocycles. The number of hydrogen-bond acceptors (Lipinski definition) is 5. The Hall–Kier alpha value is -3.42. The topological polar surface area (TPSA) is 90.5 Å². The van der Waals surface area contributed by atoms with Crippen LogP contribution in [0.1, 0.15) is 37.9 Å². The molecule has 1 aliphatic carbocycles. The molecule has 0 spiro atoms. The third-order valence-corrected chi connectivity index (χ3v) is 5.57. The van der Waals surface area contributed by atoms with Gasteiger partial charge in [0, 0.05) is 18.2 Å². The van der Waals surface area contributed by atoms with Gasteiger partial charge < -0.3 is 10.1 Å². The van der Waals surface area contributed by atoms with Crippen molar-refractivity contribution in [3.8, 4) is 17.0 Å². The summed E-state index contributed by atoms with van der Waals surface area (Å²) >= 11 is 0. The lowest BCUT2D eigenvalue weighted by atomic mass is 9.97. The van der Waals surface area contributed by atoms with Crippen molar-refractivity contribution in [2.75, 3.05) is 13.7 Å². The van der Waals surface area contributed by atoms with Crippen LogP contribution in [0.3, 0.4) is 0 Å². The summed E-state index contributed by atoms with van der Waals surface area (Å²) in [6, 6.07) is 9.27. The molecule has 1 aromatic carbocycles. The van der Waals surface area contributed by atoms with Crippen molar-refractivity contribution in [2.24, 2.45) is 0 Å². The van der Waals surface area contributed by atoms with Gasteiger partial charge in [-0.3, -0.25) is 4.79 Å². The molecule has 1 N–H and O–H groups in total. The first kappa shape index (κ1) is 20.8. The van der Waals surface area contributed by atoms with Crippen LogP contribution in [0.15, 0.2) is 46.8 Å². The van der Waals surface area contributed by atoms with Gasteiger partial charge in [-0.05, 0) is 63.3 Å². The first-order chi connectivity index (χ1) is 15.0. The molecule has 0 saturated carbocycles. The first-order valence-corrected chi connectivity index (χ1v) is 10.6. The number of carbonyl (C=O) groups is 1. The van der Waals surface area contributed by atoms with E-state index < -0.39 is 0 Å². The van der Waals surface area contributed by atoms with Gasteiger partial charge in [0.1, 0.15) is 18.1 Å². The van der Waals surface area contributed by atoms with Crippen LogP contribution in [0.4, 0.5) is 0 Å². The van der Waals surface area contributed by atoms with Crippen LogP contribution in [-0.4, -0.2) is 38.7 Å². The van der Waals surface area contributed by atoms with Crippen molar-refractivity contribution in [3.63, 3.8) is 0 Å². The fraction of sp³-hybridized carbons (Fsp3) is 0.391. The fourth-order valence-electron chi connectivity index (χ4n) is 3.90. The maximum atomic E-state index is 12.8. The lowest BCUT2D eigenvalue weighted by Crippen LogP contribution is -2.33. The summed E-state index contributed by atoms with van der Waals surface area (Å²) < 4.78 is 7.81. The molecule has 31 heavy (non-hydrogen) atoms. The average molecular weight is 422 g/mol. The molecule has 1 amide bonds. The third kappa shape index (κ3) is 4.68. The Morgan fingerprint density at radius 3 is 2.74 bits per heavy atom. The van der Waals surface area contributed by atoms with Crippen LogP contribution in [0.2, 0.25) is 0 Å². The second kappa shape index (κ2) is 9.16. The monoisotopic (exact) mass is 421 g/mol. The van der Waals surface area contributed by atoms with Crippen molar-refractivity contribution < 1.29 is 9.53 Å². The number of fused-ring (bicyclic) bond motifs is 1. The van der Waals surface area contributed by atoms with Crippen LogP contribution in [0.5, 0.6) is 5.75 Å². The number of nitrogens with one attached hydrogen (secondary N) is 1. The number of aromatic nitrogens is 4. The molecule has 8 nitrogen and oxygen atoms in total. The summed E-state index contributed by atoms with van der Waals surface area (Å²) in [4.78, 5) is 29.6. The van der Waals surface area contributed by atoms with Crippen molar-refractivity contribution in [2.45, 2.75) is 45.6 Å². The normalized spacial score (nSPS) is 13.8. The quantitative estimate of drug-likeness (QED) is 0.593. The standard InChI is InChI=1S/C23H27N5O3/c1-16-25-20(18-8-10-19(31-2)11-9-18)14-21-26-27(23(30)28(16)21)15-22(29)24-13-12-17-6-4-3-5-7-17/h6,8-11,14H,3-5,7,12-13,15H2,1-2H3,(H,24,29). The molecule has 162 valence electrons.